The van der Waals surface area contributed by atoms with E-state index < -0.39 is 30.4 Å². The number of rotatable bonds is 7. The largest absolute Gasteiger partial charge is 0.497 e. The molecule has 1 saturated heterocycles. The Balaban J connectivity index is 2.05. The van der Waals surface area contributed by atoms with Crippen molar-refractivity contribution in [3.05, 3.63) is 53.6 Å². The molecule has 0 unspecified atom stereocenters. The van der Waals surface area contributed by atoms with Gasteiger partial charge in [0.1, 0.15) is 22.8 Å². The molecule has 10 nitrogen and oxygen atoms in total. The van der Waals surface area contributed by atoms with Gasteiger partial charge in [-0.2, -0.15) is 0 Å². The lowest BCUT2D eigenvalue weighted by atomic mass is 10.1. The quantitative estimate of drug-likeness (QED) is 0.506. The number of hydrogen-bond acceptors (Lipinski definition) is 7. The Morgan fingerprint density at radius 1 is 1.06 bits per heavy atom. The van der Waals surface area contributed by atoms with Crippen LogP contribution in [0.4, 0.5) is 10.5 Å². The van der Waals surface area contributed by atoms with Crippen LogP contribution in [0.3, 0.4) is 0 Å². The zero-order valence-electron chi connectivity index (χ0n) is 16.6. The average molecular weight is 426 g/mol. The minimum Gasteiger partial charge on any atom is -0.497 e. The average Bonchev–Trinajstić information content (AvgIpc) is 2.75. The molecule has 2 aromatic rings. The van der Waals surface area contributed by atoms with Crippen molar-refractivity contribution in [3.8, 4) is 17.2 Å². The van der Waals surface area contributed by atoms with Crippen LogP contribution in [0.1, 0.15) is 5.56 Å². The molecular weight excluding hydrogens is 408 g/mol. The number of carbonyl (C=O) groups excluding carboxylic acids is 3. The monoisotopic (exact) mass is 426 g/mol. The van der Waals surface area contributed by atoms with Crippen LogP contribution in [0.15, 0.2) is 48.0 Å². The molecule has 0 saturated carbocycles. The van der Waals surface area contributed by atoms with Gasteiger partial charge in [-0.1, -0.05) is 18.2 Å². The van der Waals surface area contributed by atoms with Crippen molar-refractivity contribution in [2.24, 2.45) is 0 Å². The summed E-state index contributed by atoms with van der Waals surface area (Å²) in [5.41, 5.74) is 0.0168. The fraction of sp³-hybridized carbons (Fsp3) is 0.143. The highest BCUT2D eigenvalue weighted by Gasteiger charge is 2.38. The van der Waals surface area contributed by atoms with Crippen LogP contribution in [-0.2, 0) is 14.4 Å². The van der Waals surface area contributed by atoms with Crippen LogP contribution in [0.25, 0.3) is 6.08 Å². The number of nitrogens with one attached hydrogen (secondary N) is 1. The molecule has 4 amide bonds. The highest BCUT2D eigenvalue weighted by molar-refractivity contribution is 6.39. The third-order valence-corrected chi connectivity index (χ3v) is 4.30. The Labute approximate surface area is 176 Å². The Hall–Kier alpha value is -4.34. The number of anilines is 1. The summed E-state index contributed by atoms with van der Waals surface area (Å²) in [6, 6.07) is 9.85. The minimum absolute atomic E-state index is 0.0816. The second-order valence-electron chi connectivity index (χ2n) is 6.22. The van der Waals surface area contributed by atoms with Gasteiger partial charge in [0.15, 0.2) is 6.61 Å². The SMILES string of the molecule is COc1ccc(OC)c(N2C(=O)NC(=O)/C(=C/c3ccccc3OCC(=O)O)C2=O)c1. The molecule has 0 atom stereocenters. The van der Waals surface area contributed by atoms with Crippen LogP contribution in [0, 0.1) is 0 Å². The van der Waals surface area contributed by atoms with Gasteiger partial charge in [0.2, 0.25) is 0 Å². The molecule has 2 N–H and O–H groups in total. The molecule has 1 aliphatic heterocycles. The number of carboxylic acids is 1. The fourth-order valence-electron chi connectivity index (χ4n) is 2.87. The minimum atomic E-state index is -1.18. The number of barbiturate groups is 1. The first-order valence-electron chi connectivity index (χ1n) is 8.92. The smallest absolute Gasteiger partial charge is 0.341 e. The summed E-state index contributed by atoms with van der Waals surface area (Å²) >= 11 is 0. The van der Waals surface area contributed by atoms with Crippen molar-refractivity contribution >= 4 is 35.6 Å². The molecule has 160 valence electrons. The summed E-state index contributed by atoms with van der Waals surface area (Å²) in [4.78, 5) is 49.6. The summed E-state index contributed by atoms with van der Waals surface area (Å²) in [6.07, 6.45) is 1.22. The van der Waals surface area contributed by atoms with Crippen LogP contribution in [0.5, 0.6) is 17.2 Å². The van der Waals surface area contributed by atoms with Crippen LogP contribution in [-0.4, -0.2) is 49.7 Å². The van der Waals surface area contributed by atoms with Crippen molar-refractivity contribution in [2.45, 2.75) is 0 Å². The molecule has 0 aromatic heterocycles. The Morgan fingerprint density at radius 2 is 1.81 bits per heavy atom. The zero-order valence-corrected chi connectivity index (χ0v) is 16.6. The lowest BCUT2D eigenvalue weighted by molar-refractivity contribution is -0.139. The van der Waals surface area contributed by atoms with E-state index in [9.17, 15) is 19.2 Å². The van der Waals surface area contributed by atoms with Crippen LogP contribution >= 0.6 is 0 Å². The molecule has 0 spiro atoms. The number of carboxylic acid groups (broad SMARTS) is 1. The van der Waals surface area contributed by atoms with E-state index in [4.69, 9.17) is 19.3 Å². The van der Waals surface area contributed by atoms with Crippen LogP contribution < -0.4 is 24.4 Å². The second kappa shape index (κ2) is 8.99. The van der Waals surface area contributed by atoms with Crippen molar-refractivity contribution < 1.29 is 38.5 Å². The lowest BCUT2D eigenvalue weighted by Crippen LogP contribution is -2.54. The molecule has 0 bridgehead atoms. The number of aliphatic carboxylic acids is 1. The van der Waals surface area contributed by atoms with E-state index in [1.807, 2.05) is 0 Å². The maximum Gasteiger partial charge on any atom is 0.341 e. The predicted octanol–water partition coefficient (Wildman–Crippen LogP) is 1.83. The lowest BCUT2D eigenvalue weighted by Gasteiger charge is -2.27. The van der Waals surface area contributed by atoms with E-state index in [1.54, 1.807) is 18.2 Å². The van der Waals surface area contributed by atoms with Gasteiger partial charge in [0.05, 0.1) is 19.9 Å². The number of imide groups is 2. The highest BCUT2D eigenvalue weighted by Crippen LogP contribution is 2.34. The maximum absolute atomic E-state index is 13.1. The molecule has 1 heterocycles. The van der Waals surface area contributed by atoms with Gasteiger partial charge in [-0.25, -0.2) is 14.5 Å². The van der Waals surface area contributed by atoms with Gasteiger partial charge in [0.25, 0.3) is 11.8 Å². The number of hydrogen-bond donors (Lipinski definition) is 2. The maximum atomic E-state index is 13.1. The number of benzene rings is 2. The molecule has 10 heteroatoms. The number of para-hydroxylation sites is 1. The van der Waals surface area contributed by atoms with Gasteiger partial charge >= 0.3 is 12.0 Å². The molecular formula is C21H18N2O8. The van der Waals surface area contributed by atoms with Gasteiger partial charge in [-0.3, -0.25) is 14.9 Å². The summed E-state index contributed by atoms with van der Waals surface area (Å²) in [6.45, 7) is -0.605. The summed E-state index contributed by atoms with van der Waals surface area (Å²) < 4.78 is 15.6. The normalized spacial score (nSPS) is 15.0. The molecule has 0 aliphatic carbocycles. The molecule has 0 radical (unpaired) electrons. The number of carbonyl (C=O) groups is 4. The summed E-state index contributed by atoms with van der Waals surface area (Å²) in [7, 11) is 2.79. The molecule has 3 rings (SSSR count). The first-order valence-corrected chi connectivity index (χ1v) is 8.92. The van der Waals surface area contributed by atoms with Crippen molar-refractivity contribution in [3.63, 3.8) is 0 Å². The molecule has 1 fully saturated rings. The summed E-state index contributed by atoms with van der Waals surface area (Å²) in [5, 5.41) is 10.9. The third kappa shape index (κ3) is 4.47. The van der Waals surface area contributed by atoms with Gasteiger partial charge in [0, 0.05) is 11.6 Å². The van der Waals surface area contributed by atoms with E-state index in [1.165, 1.54) is 44.6 Å². The van der Waals surface area contributed by atoms with E-state index in [2.05, 4.69) is 5.32 Å². The summed E-state index contributed by atoms with van der Waals surface area (Å²) in [5.74, 6) is -2.25. The number of ether oxygens (including phenoxy) is 3. The topological polar surface area (TPSA) is 131 Å². The van der Waals surface area contributed by atoms with Crippen molar-refractivity contribution in [2.75, 3.05) is 25.7 Å². The third-order valence-electron chi connectivity index (χ3n) is 4.30. The van der Waals surface area contributed by atoms with E-state index in [0.717, 1.165) is 4.90 Å². The second-order valence-corrected chi connectivity index (χ2v) is 6.22. The number of methoxy groups -OCH3 is 2. The van der Waals surface area contributed by atoms with Gasteiger partial charge < -0.3 is 19.3 Å². The first-order chi connectivity index (χ1) is 14.8. The van der Waals surface area contributed by atoms with E-state index in [-0.39, 0.29) is 28.3 Å². The molecule has 2 aromatic carbocycles. The first kappa shape index (κ1) is 21.4. The zero-order chi connectivity index (χ0) is 22.5. The van der Waals surface area contributed by atoms with Crippen molar-refractivity contribution in [1.29, 1.82) is 0 Å². The number of nitrogens with zero attached hydrogens (tertiary/aromatic N) is 1. The van der Waals surface area contributed by atoms with Crippen LogP contribution in [0.2, 0.25) is 0 Å². The highest BCUT2D eigenvalue weighted by atomic mass is 16.5. The number of amides is 4. The predicted molar refractivity (Wildman–Crippen MR) is 108 cm³/mol. The van der Waals surface area contributed by atoms with Gasteiger partial charge in [-0.15, -0.1) is 0 Å². The fourth-order valence-corrected chi connectivity index (χ4v) is 2.87. The molecule has 31 heavy (non-hydrogen) atoms. The van der Waals surface area contributed by atoms with Crippen molar-refractivity contribution in [1.82, 2.24) is 5.32 Å². The number of urea groups is 1. The Kier molecular flexibility index (Phi) is 6.20. The molecule has 1 aliphatic rings. The standard InChI is InChI=1S/C21H18N2O8/c1-29-13-7-8-17(30-2)15(10-13)23-20(27)14(19(26)22-21(23)28)9-12-5-3-4-6-16(12)31-11-18(24)25/h3-10H,11H2,1-2H3,(H,24,25)(H,22,26,28)/b14-9-. The Bertz CT molecular complexity index is 1090. The van der Waals surface area contributed by atoms with Gasteiger partial charge in [-0.05, 0) is 24.3 Å². The van der Waals surface area contributed by atoms with E-state index >= 15 is 0 Å². The Morgan fingerprint density at radius 3 is 2.48 bits per heavy atom. The van der Waals surface area contributed by atoms with E-state index in [0.29, 0.717) is 5.75 Å².